The Kier molecular flexibility index (Phi) is 2.55. The molecule has 0 N–H and O–H groups in total. The molecule has 1 aliphatic rings. The molecule has 0 saturated heterocycles. The fourth-order valence-corrected chi connectivity index (χ4v) is 0.813. The van der Waals surface area contributed by atoms with Crippen LogP contribution in [0.5, 0.6) is 0 Å². The lowest BCUT2D eigenvalue weighted by atomic mass is 10.2. The van der Waals surface area contributed by atoms with E-state index in [0.717, 1.165) is 6.42 Å². The minimum absolute atomic E-state index is 0.271. The van der Waals surface area contributed by atoms with Crippen molar-refractivity contribution in [2.24, 2.45) is 4.99 Å². The molecule has 2 nitrogen and oxygen atoms in total. The van der Waals surface area contributed by atoms with Crippen LogP contribution in [0, 0.1) is 0 Å². The first kappa shape index (κ1) is 7.66. The van der Waals surface area contributed by atoms with Gasteiger partial charge >= 0.3 is 0 Å². The predicted molar refractivity (Wildman–Crippen MR) is 45.5 cm³/mol. The van der Waals surface area contributed by atoms with Crippen LogP contribution in [0.15, 0.2) is 40.9 Å². The monoisotopic (exact) mass is 147 g/mol. The number of allylic oxidation sites excluding steroid dienone is 4. The molecule has 0 fully saturated rings. The number of hydrogen-bond donors (Lipinski definition) is 0. The van der Waals surface area contributed by atoms with E-state index in [1.165, 1.54) is 0 Å². The first-order valence-corrected chi connectivity index (χ1v) is 3.39. The second kappa shape index (κ2) is 3.66. The van der Waals surface area contributed by atoms with Crippen molar-refractivity contribution >= 4 is 12.6 Å². The van der Waals surface area contributed by atoms with Gasteiger partial charge in [-0.2, -0.15) is 0 Å². The summed E-state index contributed by atoms with van der Waals surface area (Å²) in [6.45, 7) is 3.17. The van der Waals surface area contributed by atoms with Crippen LogP contribution in [-0.2, 0) is 4.79 Å². The fraction of sp³-hybridized carbons (Fsp3) is 0.111. The van der Waals surface area contributed by atoms with E-state index < -0.39 is 0 Å². The molecule has 11 heavy (non-hydrogen) atoms. The number of aliphatic imine (C=N–C) groups is 1. The molecule has 1 amide bonds. The van der Waals surface area contributed by atoms with E-state index in [9.17, 15) is 4.79 Å². The summed E-state index contributed by atoms with van der Waals surface area (Å²) in [5, 5.41) is 0. The van der Waals surface area contributed by atoms with Gasteiger partial charge < -0.3 is 0 Å². The zero-order valence-electron chi connectivity index (χ0n) is 6.16. The van der Waals surface area contributed by atoms with Gasteiger partial charge in [0.15, 0.2) is 0 Å². The second-order valence-corrected chi connectivity index (χ2v) is 2.15. The van der Waals surface area contributed by atoms with Gasteiger partial charge in [0.1, 0.15) is 0 Å². The largest absolute Gasteiger partial charge is 0.276 e. The molecule has 0 radical (unpaired) electrons. The van der Waals surface area contributed by atoms with Crippen molar-refractivity contribution in [3.8, 4) is 0 Å². The smallest absolute Gasteiger partial charge is 0.267 e. The third kappa shape index (κ3) is 2.00. The lowest BCUT2D eigenvalue weighted by molar-refractivity contribution is -0.114. The molecule has 1 rings (SSSR count). The topological polar surface area (TPSA) is 29.4 Å². The van der Waals surface area contributed by atoms with Crippen molar-refractivity contribution in [3.63, 3.8) is 0 Å². The van der Waals surface area contributed by atoms with E-state index >= 15 is 0 Å². The lowest BCUT2D eigenvalue weighted by Gasteiger charge is -1.90. The number of hydrogen-bond acceptors (Lipinski definition) is 1. The summed E-state index contributed by atoms with van der Waals surface area (Å²) in [4.78, 5) is 14.2. The molecule has 0 aromatic heterocycles. The predicted octanol–water partition coefficient (Wildman–Crippen LogP) is 1.66. The van der Waals surface area contributed by atoms with Crippen molar-refractivity contribution in [1.29, 1.82) is 0 Å². The molecule has 0 aromatic rings. The number of rotatable bonds is 1. The van der Waals surface area contributed by atoms with Crippen molar-refractivity contribution in [1.82, 2.24) is 0 Å². The highest BCUT2D eigenvalue weighted by molar-refractivity contribution is 5.99. The Bertz CT molecular complexity index is 259. The van der Waals surface area contributed by atoms with Gasteiger partial charge in [0.25, 0.3) is 5.91 Å². The van der Waals surface area contributed by atoms with E-state index in [1.807, 2.05) is 18.2 Å². The Morgan fingerprint density at radius 1 is 1.55 bits per heavy atom. The fourth-order valence-electron chi connectivity index (χ4n) is 0.813. The highest BCUT2D eigenvalue weighted by Gasteiger charge is 2.01. The van der Waals surface area contributed by atoms with Crippen LogP contribution in [0.3, 0.4) is 0 Å². The van der Waals surface area contributed by atoms with Gasteiger partial charge in [-0.15, -0.1) is 0 Å². The molecule has 0 bridgehead atoms. The highest BCUT2D eigenvalue weighted by atomic mass is 16.1. The number of nitrogens with zero attached hydrogens (tertiary/aromatic N) is 1. The van der Waals surface area contributed by atoms with Crippen LogP contribution in [0.2, 0.25) is 0 Å². The Hall–Kier alpha value is -1.44. The summed E-state index contributed by atoms with van der Waals surface area (Å²) in [6.07, 6.45) is 10.1. The standard InChI is InChI=1S/C9H9NO/c1-10-9(11)8-6-4-2-3-5-7-8/h2,4-7H,1,3H2. The minimum atomic E-state index is -0.271. The number of carbonyl (C=O) groups excluding carboxylic acids is 1. The molecule has 1 aliphatic carbocycles. The summed E-state index contributed by atoms with van der Waals surface area (Å²) >= 11 is 0. The third-order valence-corrected chi connectivity index (χ3v) is 1.37. The second-order valence-electron chi connectivity index (χ2n) is 2.15. The summed E-state index contributed by atoms with van der Waals surface area (Å²) in [5.41, 5.74) is 0.591. The van der Waals surface area contributed by atoms with Gasteiger partial charge in [-0.1, -0.05) is 24.3 Å². The normalized spacial score (nSPS) is 15.5. The van der Waals surface area contributed by atoms with Crippen LogP contribution in [-0.4, -0.2) is 12.6 Å². The van der Waals surface area contributed by atoms with Gasteiger partial charge in [-0.05, 0) is 19.2 Å². The summed E-state index contributed by atoms with van der Waals surface area (Å²) in [7, 11) is 0. The van der Waals surface area contributed by atoms with Gasteiger partial charge in [0, 0.05) is 5.57 Å². The molecule has 0 aromatic carbocycles. The van der Waals surface area contributed by atoms with Crippen molar-refractivity contribution in [2.45, 2.75) is 6.42 Å². The van der Waals surface area contributed by atoms with Gasteiger partial charge in [0.2, 0.25) is 0 Å². The molecule has 0 saturated carbocycles. The molecule has 2 heteroatoms. The van der Waals surface area contributed by atoms with Crippen LogP contribution in [0.4, 0.5) is 0 Å². The summed E-state index contributed by atoms with van der Waals surface area (Å²) in [6, 6.07) is 0. The van der Waals surface area contributed by atoms with Crippen LogP contribution >= 0.6 is 0 Å². The number of carbonyl (C=O) groups is 1. The van der Waals surface area contributed by atoms with Crippen LogP contribution < -0.4 is 0 Å². The van der Waals surface area contributed by atoms with E-state index in [4.69, 9.17) is 0 Å². The molecule has 0 atom stereocenters. The van der Waals surface area contributed by atoms with Gasteiger partial charge in [-0.3, -0.25) is 4.79 Å². The summed E-state index contributed by atoms with van der Waals surface area (Å²) in [5.74, 6) is -0.271. The molecule has 0 aliphatic heterocycles. The maximum atomic E-state index is 10.9. The van der Waals surface area contributed by atoms with Crippen LogP contribution in [0.25, 0.3) is 0 Å². The lowest BCUT2D eigenvalue weighted by Crippen LogP contribution is -1.93. The molecule has 0 heterocycles. The quantitative estimate of drug-likeness (QED) is 0.518. The minimum Gasteiger partial charge on any atom is -0.267 e. The molecule has 56 valence electrons. The third-order valence-electron chi connectivity index (χ3n) is 1.37. The maximum absolute atomic E-state index is 10.9. The van der Waals surface area contributed by atoms with E-state index in [0.29, 0.717) is 5.57 Å². The SMILES string of the molecule is C=NC(=O)C1=CC=CCC=C1. The molecule has 0 unspecified atom stereocenters. The van der Waals surface area contributed by atoms with Gasteiger partial charge in [0.05, 0.1) is 0 Å². The van der Waals surface area contributed by atoms with E-state index in [2.05, 4.69) is 11.7 Å². The maximum Gasteiger partial charge on any atom is 0.276 e. The van der Waals surface area contributed by atoms with Crippen molar-refractivity contribution < 1.29 is 4.79 Å². The Balaban J connectivity index is 2.85. The first-order valence-electron chi connectivity index (χ1n) is 3.39. The molecule has 0 spiro atoms. The molecular formula is C9H9NO. The Labute approximate surface area is 65.6 Å². The Morgan fingerprint density at radius 3 is 3.09 bits per heavy atom. The van der Waals surface area contributed by atoms with Crippen molar-refractivity contribution in [3.05, 3.63) is 36.0 Å². The average Bonchev–Trinajstić information content (AvgIpc) is 2.30. The number of amides is 1. The average molecular weight is 147 g/mol. The van der Waals surface area contributed by atoms with Crippen molar-refractivity contribution in [2.75, 3.05) is 0 Å². The van der Waals surface area contributed by atoms with E-state index in [1.54, 1.807) is 12.2 Å². The Morgan fingerprint density at radius 2 is 2.36 bits per heavy atom. The molecular weight excluding hydrogens is 138 g/mol. The van der Waals surface area contributed by atoms with E-state index in [-0.39, 0.29) is 5.91 Å². The van der Waals surface area contributed by atoms with Gasteiger partial charge in [-0.25, -0.2) is 4.99 Å². The van der Waals surface area contributed by atoms with Crippen LogP contribution in [0.1, 0.15) is 6.42 Å². The zero-order chi connectivity index (χ0) is 8.10. The summed E-state index contributed by atoms with van der Waals surface area (Å²) < 4.78 is 0. The first-order chi connectivity index (χ1) is 5.34. The highest BCUT2D eigenvalue weighted by Crippen LogP contribution is 2.05. The zero-order valence-corrected chi connectivity index (χ0v) is 6.16.